The largest absolute Gasteiger partial charge is 0.492 e. The van der Waals surface area contributed by atoms with Gasteiger partial charge in [-0.25, -0.2) is 12.7 Å². The van der Waals surface area contributed by atoms with E-state index >= 15 is 0 Å². The number of carbonyl (C=O) groups excluding carboxylic acids is 1. The van der Waals surface area contributed by atoms with Gasteiger partial charge in [-0.05, 0) is 68.1 Å². The van der Waals surface area contributed by atoms with Crippen LogP contribution in [0.3, 0.4) is 0 Å². The molecule has 0 aromatic heterocycles. The van der Waals surface area contributed by atoms with Gasteiger partial charge in [0.25, 0.3) is 0 Å². The van der Waals surface area contributed by atoms with Crippen molar-refractivity contribution >= 4 is 31.8 Å². The molecular formula is C24H34N4O6S2. The maximum atomic E-state index is 12.9. The zero-order chi connectivity index (χ0) is 26.5. The van der Waals surface area contributed by atoms with Gasteiger partial charge in [-0.15, -0.1) is 0 Å². The molecule has 0 bridgehead atoms. The Kier molecular flexibility index (Phi) is 8.98. The summed E-state index contributed by atoms with van der Waals surface area (Å²) in [6, 6.07) is 11.6. The molecule has 1 fully saturated rings. The Hall–Kier alpha value is -2.67. The number of anilines is 1. The highest BCUT2D eigenvalue weighted by atomic mass is 32.2. The molecule has 10 nitrogen and oxygen atoms in total. The molecule has 0 atom stereocenters. The predicted molar refractivity (Wildman–Crippen MR) is 139 cm³/mol. The van der Waals surface area contributed by atoms with E-state index in [4.69, 9.17) is 4.74 Å². The van der Waals surface area contributed by atoms with Gasteiger partial charge in [-0.3, -0.25) is 4.79 Å². The normalized spacial score (nSPS) is 14.7. The summed E-state index contributed by atoms with van der Waals surface area (Å²) in [5.41, 5.74) is 2.05. The molecule has 1 N–H and O–H groups in total. The SMILES string of the molecule is Cc1ccc(C)c(N(CC(=O)NCCOc2ccc(S(=O)(=O)N3CCCC3)cc2)S(=O)(=O)N(C)C)c1. The lowest BCUT2D eigenvalue weighted by atomic mass is 10.1. The maximum absolute atomic E-state index is 12.9. The lowest BCUT2D eigenvalue weighted by Crippen LogP contribution is -2.46. The Morgan fingerprint density at radius 2 is 1.64 bits per heavy atom. The molecule has 0 aliphatic carbocycles. The van der Waals surface area contributed by atoms with E-state index in [1.165, 1.54) is 30.5 Å². The molecule has 198 valence electrons. The average Bonchev–Trinajstić information content (AvgIpc) is 3.38. The molecule has 1 amide bonds. The van der Waals surface area contributed by atoms with Gasteiger partial charge in [0.2, 0.25) is 15.9 Å². The minimum Gasteiger partial charge on any atom is -0.492 e. The van der Waals surface area contributed by atoms with Crippen molar-refractivity contribution in [3.05, 3.63) is 53.6 Å². The van der Waals surface area contributed by atoms with E-state index in [9.17, 15) is 21.6 Å². The van der Waals surface area contributed by atoms with Crippen LogP contribution >= 0.6 is 0 Å². The van der Waals surface area contributed by atoms with E-state index in [1.54, 1.807) is 25.1 Å². The van der Waals surface area contributed by atoms with Crippen LogP contribution in [0.2, 0.25) is 0 Å². The molecule has 12 heteroatoms. The Labute approximate surface area is 214 Å². The Balaban J connectivity index is 1.57. The molecule has 2 aromatic carbocycles. The first kappa shape index (κ1) is 27.9. The highest BCUT2D eigenvalue weighted by Crippen LogP contribution is 2.25. The van der Waals surface area contributed by atoms with Crippen molar-refractivity contribution < 1.29 is 26.4 Å². The van der Waals surface area contributed by atoms with E-state index in [0.29, 0.717) is 24.5 Å². The van der Waals surface area contributed by atoms with Crippen molar-refractivity contribution in [2.24, 2.45) is 0 Å². The molecular weight excluding hydrogens is 504 g/mol. The summed E-state index contributed by atoms with van der Waals surface area (Å²) >= 11 is 0. The fraction of sp³-hybridized carbons (Fsp3) is 0.458. The van der Waals surface area contributed by atoms with Crippen molar-refractivity contribution in [2.45, 2.75) is 31.6 Å². The van der Waals surface area contributed by atoms with Crippen LogP contribution < -0.4 is 14.4 Å². The first-order chi connectivity index (χ1) is 16.9. The Morgan fingerprint density at radius 1 is 1.00 bits per heavy atom. The monoisotopic (exact) mass is 538 g/mol. The van der Waals surface area contributed by atoms with Crippen LogP contribution in [0, 0.1) is 13.8 Å². The van der Waals surface area contributed by atoms with E-state index in [1.807, 2.05) is 19.1 Å². The molecule has 36 heavy (non-hydrogen) atoms. The van der Waals surface area contributed by atoms with Crippen LogP contribution in [0.25, 0.3) is 0 Å². The van der Waals surface area contributed by atoms with Gasteiger partial charge in [0.1, 0.15) is 18.9 Å². The molecule has 1 aliphatic heterocycles. The number of aryl methyl sites for hydroxylation is 2. The molecule has 1 heterocycles. The highest BCUT2D eigenvalue weighted by Gasteiger charge is 2.29. The van der Waals surface area contributed by atoms with Crippen LogP contribution in [0.1, 0.15) is 24.0 Å². The lowest BCUT2D eigenvalue weighted by molar-refractivity contribution is -0.119. The number of rotatable bonds is 11. The molecule has 0 unspecified atom stereocenters. The fourth-order valence-electron chi connectivity index (χ4n) is 3.81. The second-order valence-electron chi connectivity index (χ2n) is 8.87. The minimum atomic E-state index is -3.90. The maximum Gasteiger partial charge on any atom is 0.304 e. The second kappa shape index (κ2) is 11.6. The number of hydrogen-bond donors (Lipinski definition) is 1. The predicted octanol–water partition coefficient (Wildman–Crippen LogP) is 1.90. The van der Waals surface area contributed by atoms with Crippen LogP contribution in [-0.2, 0) is 25.0 Å². The molecule has 0 saturated carbocycles. The third-order valence-electron chi connectivity index (χ3n) is 5.88. The van der Waals surface area contributed by atoms with Gasteiger partial charge in [-0.2, -0.15) is 17.0 Å². The van der Waals surface area contributed by atoms with Gasteiger partial charge in [0.05, 0.1) is 17.1 Å². The number of amides is 1. The van der Waals surface area contributed by atoms with Crippen LogP contribution in [0.5, 0.6) is 5.75 Å². The third kappa shape index (κ3) is 6.55. The number of nitrogens with one attached hydrogen (secondary N) is 1. The van der Waals surface area contributed by atoms with Crippen molar-refractivity contribution in [2.75, 3.05) is 51.2 Å². The first-order valence-electron chi connectivity index (χ1n) is 11.7. The minimum absolute atomic E-state index is 0.133. The van der Waals surface area contributed by atoms with Crippen LogP contribution in [0.15, 0.2) is 47.4 Å². The number of sulfonamides is 1. The number of ether oxygens (including phenoxy) is 1. The highest BCUT2D eigenvalue weighted by molar-refractivity contribution is 7.90. The summed E-state index contributed by atoms with van der Waals surface area (Å²) < 4.78 is 60.3. The molecule has 0 spiro atoms. The second-order valence-corrected chi connectivity index (χ2v) is 12.9. The first-order valence-corrected chi connectivity index (χ1v) is 14.5. The van der Waals surface area contributed by atoms with E-state index in [2.05, 4.69) is 5.32 Å². The van der Waals surface area contributed by atoms with Crippen molar-refractivity contribution in [3.8, 4) is 5.75 Å². The Morgan fingerprint density at radius 3 is 2.25 bits per heavy atom. The van der Waals surface area contributed by atoms with Gasteiger partial charge >= 0.3 is 10.2 Å². The topological polar surface area (TPSA) is 116 Å². The summed E-state index contributed by atoms with van der Waals surface area (Å²) in [6.45, 7) is 4.63. The Bertz CT molecular complexity index is 1270. The standard InChI is InChI=1S/C24H34N4O6S2/c1-19-7-8-20(2)23(17-19)28(36(32,33)26(3)4)18-24(29)25-13-16-34-21-9-11-22(12-10-21)35(30,31)27-14-5-6-15-27/h7-12,17H,5-6,13-16,18H2,1-4H3,(H,25,29). The fourth-order valence-corrected chi connectivity index (χ4v) is 6.44. The van der Waals surface area contributed by atoms with Crippen molar-refractivity contribution in [1.29, 1.82) is 0 Å². The molecule has 1 saturated heterocycles. The van der Waals surface area contributed by atoms with Crippen molar-refractivity contribution in [3.63, 3.8) is 0 Å². The summed E-state index contributed by atoms with van der Waals surface area (Å²) in [6.07, 6.45) is 1.74. The van der Waals surface area contributed by atoms with Gasteiger partial charge < -0.3 is 10.1 Å². The number of benzene rings is 2. The van der Waals surface area contributed by atoms with Crippen molar-refractivity contribution in [1.82, 2.24) is 13.9 Å². The van der Waals surface area contributed by atoms with E-state index in [-0.39, 0.29) is 24.6 Å². The van der Waals surface area contributed by atoms with E-state index < -0.39 is 26.1 Å². The molecule has 0 radical (unpaired) electrons. The molecule has 1 aliphatic rings. The summed E-state index contributed by atoms with van der Waals surface area (Å²) in [5, 5.41) is 2.68. The molecule has 3 rings (SSSR count). The summed E-state index contributed by atoms with van der Waals surface area (Å²) in [4.78, 5) is 12.8. The van der Waals surface area contributed by atoms with Gasteiger partial charge in [-0.1, -0.05) is 12.1 Å². The van der Waals surface area contributed by atoms with Gasteiger partial charge in [0, 0.05) is 27.2 Å². The average molecular weight is 539 g/mol. The zero-order valence-corrected chi connectivity index (χ0v) is 22.7. The lowest BCUT2D eigenvalue weighted by Gasteiger charge is -2.28. The number of nitrogens with zero attached hydrogens (tertiary/aromatic N) is 3. The van der Waals surface area contributed by atoms with Crippen LogP contribution in [-0.4, -0.2) is 78.2 Å². The quantitative estimate of drug-likeness (QED) is 0.437. The third-order valence-corrected chi connectivity index (χ3v) is 9.60. The van der Waals surface area contributed by atoms with E-state index in [0.717, 1.165) is 32.6 Å². The number of hydrogen-bond acceptors (Lipinski definition) is 6. The smallest absolute Gasteiger partial charge is 0.304 e. The molecule has 2 aromatic rings. The summed E-state index contributed by atoms with van der Waals surface area (Å²) in [5.74, 6) is -0.00574. The zero-order valence-electron chi connectivity index (χ0n) is 21.1. The van der Waals surface area contributed by atoms with Crippen LogP contribution in [0.4, 0.5) is 5.69 Å². The van der Waals surface area contributed by atoms with Gasteiger partial charge in [0.15, 0.2) is 0 Å². The summed E-state index contributed by atoms with van der Waals surface area (Å²) in [7, 11) is -4.55. The number of carbonyl (C=O) groups is 1.